The molecule has 2 N–H and O–H groups in total. The largest absolute Gasteiger partial charge is 0.397 e. The minimum Gasteiger partial charge on any atom is -0.397 e. The molecule has 0 aromatic carbocycles. The van der Waals surface area contributed by atoms with Crippen LogP contribution < -0.4 is 5.73 Å². The van der Waals surface area contributed by atoms with E-state index in [0.29, 0.717) is 11.4 Å². The first-order valence-corrected chi connectivity index (χ1v) is 6.69. The molecule has 0 unspecified atom stereocenters. The van der Waals surface area contributed by atoms with Crippen molar-refractivity contribution in [2.75, 3.05) is 24.6 Å². The number of hydrogen-bond donors (Lipinski definition) is 1. The molecule has 0 saturated carbocycles. The number of nitrogens with two attached hydrogens (primary N) is 1. The summed E-state index contributed by atoms with van der Waals surface area (Å²) in [5, 5.41) is 0.733. The number of aryl methyl sites for hydroxylation is 1. The van der Waals surface area contributed by atoms with Crippen LogP contribution in [0.15, 0.2) is 17.3 Å². The molecule has 0 aliphatic heterocycles. The molecule has 17 heavy (non-hydrogen) atoms. The van der Waals surface area contributed by atoms with Gasteiger partial charge in [-0.05, 0) is 32.4 Å². The van der Waals surface area contributed by atoms with Gasteiger partial charge in [0.05, 0.1) is 11.4 Å². The van der Waals surface area contributed by atoms with Crippen LogP contribution >= 0.6 is 11.8 Å². The molecule has 1 heterocycles. The van der Waals surface area contributed by atoms with Gasteiger partial charge in [0.2, 0.25) is 5.91 Å². The van der Waals surface area contributed by atoms with Gasteiger partial charge in [0.15, 0.2) is 0 Å². The normalized spacial score (nSPS) is 10.3. The Morgan fingerprint density at radius 1 is 1.47 bits per heavy atom. The Labute approximate surface area is 107 Å². The molecule has 1 rings (SSSR count). The van der Waals surface area contributed by atoms with E-state index in [1.165, 1.54) is 11.8 Å². The van der Waals surface area contributed by atoms with Crippen LogP contribution in [0.25, 0.3) is 0 Å². The fourth-order valence-electron chi connectivity index (χ4n) is 1.50. The number of thioether (sulfide) groups is 1. The van der Waals surface area contributed by atoms with Crippen molar-refractivity contribution < 1.29 is 4.79 Å². The Hall–Kier alpha value is -1.23. The summed E-state index contributed by atoms with van der Waals surface area (Å²) in [7, 11) is 0. The molecule has 0 aliphatic carbocycles. The van der Waals surface area contributed by atoms with Crippen molar-refractivity contribution in [3.8, 4) is 0 Å². The number of nitrogens with zero attached hydrogens (tertiary/aromatic N) is 2. The molecule has 1 aromatic rings. The van der Waals surface area contributed by atoms with Crippen LogP contribution in [0.3, 0.4) is 0 Å². The molecule has 0 atom stereocenters. The number of pyridine rings is 1. The van der Waals surface area contributed by atoms with E-state index in [1.807, 2.05) is 26.8 Å². The second kappa shape index (κ2) is 6.49. The highest BCUT2D eigenvalue weighted by Gasteiger charge is 2.11. The predicted molar refractivity (Wildman–Crippen MR) is 72.0 cm³/mol. The van der Waals surface area contributed by atoms with Crippen molar-refractivity contribution in [2.24, 2.45) is 0 Å². The Kier molecular flexibility index (Phi) is 5.28. The average Bonchev–Trinajstić information content (AvgIpc) is 2.29. The Morgan fingerprint density at radius 3 is 2.65 bits per heavy atom. The summed E-state index contributed by atoms with van der Waals surface area (Å²) >= 11 is 1.40. The molecule has 0 spiro atoms. The first-order chi connectivity index (χ1) is 8.08. The molecule has 0 radical (unpaired) electrons. The van der Waals surface area contributed by atoms with Crippen molar-refractivity contribution in [3.05, 3.63) is 17.8 Å². The highest BCUT2D eigenvalue weighted by Crippen LogP contribution is 2.23. The fraction of sp³-hybridized carbons (Fsp3) is 0.500. The van der Waals surface area contributed by atoms with Gasteiger partial charge in [0.25, 0.3) is 0 Å². The molecule has 0 bridgehead atoms. The minimum absolute atomic E-state index is 0.127. The van der Waals surface area contributed by atoms with E-state index in [9.17, 15) is 4.79 Å². The molecule has 0 aliphatic rings. The lowest BCUT2D eigenvalue weighted by molar-refractivity contribution is -0.127. The van der Waals surface area contributed by atoms with E-state index in [2.05, 4.69) is 4.98 Å². The number of nitrogen functional groups attached to an aromatic ring is 1. The zero-order chi connectivity index (χ0) is 12.8. The van der Waals surface area contributed by atoms with Crippen molar-refractivity contribution in [1.82, 2.24) is 9.88 Å². The van der Waals surface area contributed by atoms with Crippen LogP contribution in [0.5, 0.6) is 0 Å². The maximum Gasteiger partial charge on any atom is 0.232 e. The van der Waals surface area contributed by atoms with Crippen LogP contribution in [-0.2, 0) is 4.79 Å². The van der Waals surface area contributed by atoms with E-state index < -0.39 is 0 Å². The molecule has 5 heteroatoms. The lowest BCUT2D eigenvalue weighted by Gasteiger charge is -2.18. The highest BCUT2D eigenvalue weighted by atomic mass is 32.2. The van der Waals surface area contributed by atoms with Gasteiger partial charge < -0.3 is 10.6 Å². The minimum atomic E-state index is 0.127. The lowest BCUT2D eigenvalue weighted by Crippen LogP contribution is -2.31. The quantitative estimate of drug-likeness (QED) is 0.815. The fourth-order valence-corrected chi connectivity index (χ4v) is 2.29. The molecule has 1 amide bonds. The number of anilines is 1. The SMILES string of the molecule is CCN(CC)C(=O)CSc1ncc(C)cc1N. The van der Waals surface area contributed by atoms with Crippen molar-refractivity contribution >= 4 is 23.4 Å². The second-order valence-corrected chi connectivity index (χ2v) is 4.73. The van der Waals surface area contributed by atoms with E-state index in [-0.39, 0.29) is 5.91 Å². The van der Waals surface area contributed by atoms with Gasteiger partial charge in [-0.25, -0.2) is 4.98 Å². The number of aromatic nitrogens is 1. The number of rotatable bonds is 5. The van der Waals surface area contributed by atoms with Crippen LogP contribution in [-0.4, -0.2) is 34.6 Å². The average molecular weight is 253 g/mol. The summed E-state index contributed by atoms with van der Waals surface area (Å²) in [4.78, 5) is 17.8. The van der Waals surface area contributed by atoms with Crippen LogP contribution in [0.4, 0.5) is 5.69 Å². The van der Waals surface area contributed by atoms with Crippen molar-refractivity contribution in [3.63, 3.8) is 0 Å². The summed E-state index contributed by atoms with van der Waals surface area (Å²) in [6, 6.07) is 1.87. The maximum absolute atomic E-state index is 11.8. The summed E-state index contributed by atoms with van der Waals surface area (Å²) in [6.07, 6.45) is 1.76. The monoisotopic (exact) mass is 253 g/mol. The number of amides is 1. The van der Waals surface area contributed by atoms with Gasteiger partial charge in [-0.2, -0.15) is 0 Å². The number of carbonyl (C=O) groups is 1. The topological polar surface area (TPSA) is 59.2 Å². The Bertz CT molecular complexity index is 391. The van der Waals surface area contributed by atoms with Gasteiger partial charge in [0.1, 0.15) is 5.03 Å². The van der Waals surface area contributed by atoms with E-state index >= 15 is 0 Å². The van der Waals surface area contributed by atoms with Crippen molar-refractivity contribution in [1.29, 1.82) is 0 Å². The van der Waals surface area contributed by atoms with Crippen LogP contribution in [0.2, 0.25) is 0 Å². The summed E-state index contributed by atoms with van der Waals surface area (Å²) in [5.74, 6) is 0.517. The highest BCUT2D eigenvalue weighted by molar-refractivity contribution is 8.00. The van der Waals surface area contributed by atoms with E-state index in [1.54, 1.807) is 11.1 Å². The van der Waals surface area contributed by atoms with Crippen molar-refractivity contribution in [2.45, 2.75) is 25.8 Å². The number of carbonyl (C=O) groups excluding carboxylic acids is 1. The third-order valence-electron chi connectivity index (χ3n) is 2.46. The third kappa shape index (κ3) is 3.93. The second-order valence-electron chi connectivity index (χ2n) is 3.76. The molecule has 0 fully saturated rings. The standard InChI is InChI=1S/C12H19N3OS/c1-4-15(5-2)11(16)8-17-12-10(13)6-9(3)7-14-12/h6-7H,4-5,8,13H2,1-3H3. The molecule has 1 aromatic heterocycles. The first kappa shape index (κ1) is 13.8. The predicted octanol–water partition coefficient (Wildman–Crippen LogP) is 1.93. The van der Waals surface area contributed by atoms with Gasteiger partial charge in [-0.1, -0.05) is 11.8 Å². The molecule has 0 saturated heterocycles. The van der Waals surface area contributed by atoms with E-state index in [4.69, 9.17) is 5.73 Å². The molecule has 94 valence electrons. The van der Waals surface area contributed by atoms with Gasteiger partial charge in [-0.3, -0.25) is 4.79 Å². The van der Waals surface area contributed by atoms with Crippen LogP contribution in [0, 0.1) is 6.92 Å². The zero-order valence-corrected chi connectivity index (χ0v) is 11.4. The summed E-state index contributed by atoms with van der Waals surface area (Å²) < 4.78 is 0. The smallest absolute Gasteiger partial charge is 0.232 e. The summed E-state index contributed by atoms with van der Waals surface area (Å²) in [6.45, 7) is 7.38. The Morgan fingerprint density at radius 2 is 2.12 bits per heavy atom. The Balaban J connectivity index is 2.58. The maximum atomic E-state index is 11.8. The zero-order valence-electron chi connectivity index (χ0n) is 10.6. The molecule has 4 nitrogen and oxygen atoms in total. The van der Waals surface area contributed by atoms with Gasteiger partial charge in [0, 0.05) is 19.3 Å². The number of hydrogen-bond acceptors (Lipinski definition) is 4. The van der Waals surface area contributed by atoms with E-state index in [0.717, 1.165) is 23.7 Å². The summed E-state index contributed by atoms with van der Waals surface area (Å²) in [5.41, 5.74) is 7.51. The molecular weight excluding hydrogens is 234 g/mol. The van der Waals surface area contributed by atoms with Gasteiger partial charge in [-0.15, -0.1) is 0 Å². The lowest BCUT2D eigenvalue weighted by atomic mass is 10.3. The third-order valence-corrected chi connectivity index (χ3v) is 3.47. The molecular formula is C12H19N3OS. The van der Waals surface area contributed by atoms with Gasteiger partial charge >= 0.3 is 0 Å². The first-order valence-electron chi connectivity index (χ1n) is 5.71. The van der Waals surface area contributed by atoms with Crippen LogP contribution in [0.1, 0.15) is 19.4 Å².